The molecule has 1 aliphatic rings. The molecule has 0 atom stereocenters. The van der Waals surface area contributed by atoms with E-state index < -0.39 is 0 Å². The van der Waals surface area contributed by atoms with Crippen LogP contribution in [0, 0.1) is 6.92 Å². The Morgan fingerprint density at radius 3 is 2.84 bits per heavy atom. The fraction of sp³-hybridized carbons (Fsp3) is 0.750. The Labute approximate surface area is 112 Å². The number of aryl methyl sites for hydroxylation is 1. The Kier molecular flexibility index (Phi) is 4.73. The number of carbonyl (C=O) groups is 1. The molecule has 1 saturated heterocycles. The van der Waals surface area contributed by atoms with Gasteiger partial charge in [-0.2, -0.15) is 4.98 Å². The third-order valence-electron chi connectivity index (χ3n) is 3.13. The predicted molar refractivity (Wildman–Crippen MR) is 67.5 cm³/mol. The minimum Gasteiger partial charge on any atom is -0.450 e. The number of ether oxygens (including phenoxy) is 1. The molecule has 7 nitrogen and oxygen atoms in total. The molecule has 2 rings (SSSR count). The van der Waals surface area contributed by atoms with Crippen molar-refractivity contribution in [2.24, 2.45) is 0 Å². The fourth-order valence-electron chi connectivity index (χ4n) is 2.12. The maximum atomic E-state index is 11.5. The first-order chi connectivity index (χ1) is 9.19. The van der Waals surface area contributed by atoms with Crippen molar-refractivity contribution in [2.45, 2.75) is 39.3 Å². The molecule has 0 radical (unpaired) electrons. The van der Waals surface area contributed by atoms with Crippen LogP contribution in [0.1, 0.15) is 31.5 Å². The zero-order valence-corrected chi connectivity index (χ0v) is 11.4. The molecule has 0 saturated carbocycles. The van der Waals surface area contributed by atoms with Gasteiger partial charge in [0.25, 0.3) is 0 Å². The van der Waals surface area contributed by atoms with Crippen molar-refractivity contribution < 1.29 is 14.1 Å². The Hall–Kier alpha value is -1.63. The molecule has 2 heterocycles. The molecule has 1 N–H and O–H groups in total. The van der Waals surface area contributed by atoms with Gasteiger partial charge in [0.05, 0.1) is 13.2 Å². The van der Waals surface area contributed by atoms with Crippen molar-refractivity contribution in [1.29, 1.82) is 0 Å². The smallest absolute Gasteiger partial charge is 0.409 e. The predicted octanol–water partition coefficient (Wildman–Crippen LogP) is 1.09. The molecule has 1 aromatic rings. The van der Waals surface area contributed by atoms with E-state index in [1.54, 1.807) is 11.8 Å². The van der Waals surface area contributed by atoms with E-state index in [-0.39, 0.29) is 6.09 Å². The number of likely N-dealkylation sites (tertiary alicyclic amines) is 1. The Balaban J connectivity index is 1.70. The van der Waals surface area contributed by atoms with Gasteiger partial charge in [-0.3, -0.25) is 0 Å². The number of nitrogens with zero attached hydrogens (tertiary/aromatic N) is 3. The van der Waals surface area contributed by atoms with E-state index in [4.69, 9.17) is 9.26 Å². The molecule has 0 aliphatic carbocycles. The van der Waals surface area contributed by atoms with E-state index in [2.05, 4.69) is 15.5 Å². The molecule has 106 valence electrons. The monoisotopic (exact) mass is 268 g/mol. The molecular formula is C12H20N4O3. The molecule has 0 aromatic carbocycles. The Bertz CT molecular complexity index is 413. The van der Waals surface area contributed by atoms with Crippen LogP contribution in [-0.2, 0) is 11.3 Å². The largest absolute Gasteiger partial charge is 0.450 e. The second kappa shape index (κ2) is 6.51. The SMILES string of the molecule is CCOC(=O)N1CCC(NCc2nc(C)no2)CC1. The van der Waals surface area contributed by atoms with Crippen LogP contribution < -0.4 is 5.32 Å². The van der Waals surface area contributed by atoms with E-state index in [1.165, 1.54) is 0 Å². The summed E-state index contributed by atoms with van der Waals surface area (Å²) in [4.78, 5) is 17.4. The summed E-state index contributed by atoms with van der Waals surface area (Å²) in [5.41, 5.74) is 0. The number of aromatic nitrogens is 2. The minimum absolute atomic E-state index is 0.214. The molecule has 0 unspecified atom stereocenters. The van der Waals surface area contributed by atoms with Crippen LogP contribution in [0.3, 0.4) is 0 Å². The van der Waals surface area contributed by atoms with Gasteiger partial charge in [0.2, 0.25) is 5.89 Å². The standard InChI is InChI=1S/C12H20N4O3/c1-3-18-12(17)16-6-4-10(5-7-16)13-8-11-14-9(2)15-19-11/h10,13H,3-8H2,1-2H3. The average Bonchev–Trinajstić information content (AvgIpc) is 2.83. The van der Waals surface area contributed by atoms with Gasteiger partial charge in [-0.1, -0.05) is 5.16 Å². The highest BCUT2D eigenvalue weighted by atomic mass is 16.6. The second-order valence-electron chi connectivity index (χ2n) is 4.58. The number of rotatable bonds is 4. The van der Waals surface area contributed by atoms with Crippen molar-refractivity contribution in [2.75, 3.05) is 19.7 Å². The first-order valence-corrected chi connectivity index (χ1v) is 6.63. The van der Waals surface area contributed by atoms with Crippen LogP contribution in [0.5, 0.6) is 0 Å². The van der Waals surface area contributed by atoms with Gasteiger partial charge < -0.3 is 19.5 Å². The first-order valence-electron chi connectivity index (χ1n) is 6.63. The summed E-state index contributed by atoms with van der Waals surface area (Å²) in [6, 6.07) is 0.373. The lowest BCUT2D eigenvalue weighted by molar-refractivity contribution is 0.0947. The Morgan fingerprint density at radius 1 is 1.53 bits per heavy atom. The number of piperidine rings is 1. The van der Waals surface area contributed by atoms with Gasteiger partial charge in [0.15, 0.2) is 5.82 Å². The van der Waals surface area contributed by atoms with Crippen molar-refractivity contribution >= 4 is 6.09 Å². The van der Waals surface area contributed by atoms with Gasteiger partial charge in [-0.05, 0) is 26.7 Å². The van der Waals surface area contributed by atoms with Gasteiger partial charge in [-0.25, -0.2) is 4.79 Å². The number of amides is 1. The summed E-state index contributed by atoms with van der Waals surface area (Å²) in [7, 11) is 0. The number of hydrogen-bond acceptors (Lipinski definition) is 6. The molecular weight excluding hydrogens is 248 g/mol. The highest BCUT2D eigenvalue weighted by molar-refractivity contribution is 5.67. The van der Waals surface area contributed by atoms with E-state index >= 15 is 0 Å². The number of nitrogens with one attached hydrogen (secondary N) is 1. The van der Waals surface area contributed by atoms with Crippen molar-refractivity contribution in [3.8, 4) is 0 Å². The third-order valence-corrected chi connectivity index (χ3v) is 3.13. The van der Waals surface area contributed by atoms with Crippen LogP contribution in [0.25, 0.3) is 0 Å². The van der Waals surface area contributed by atoms with E-state index in [9.17, 15) is 4.79 Å². The second-order valence-corrected chi connectivity index (χ2v) is 4.58. The zero-order valence-electron chi connectivity index (χ0n) is 11.4. The summed E-state index contributed by atoms with van der Waals surface area (Å²) in [6.45, 7) is 6.06. The number of carbonyl (C=O) groups excluding carboxylic acids is 1. The van der Waals surface area contributed by atoms with Gasteiger partial charge in [0.1, 0.15) is 0 Å². The summed E-state index contributed by atoms with van der Waals surface area (Å²) >= 11 is 0. The first kappa shape index (κ1) is 13.8. The average molecular weight is 268 g/mol. The van der Waals surface area contributed by atoms with Crippen LogP contribution >= 0.6 is 0 Å². The zero-order chi connectivity index (χ0) is 13.7. The van der Waals surface area contributed by atoms with Crippen molar-refractivity contribution in [1.82, 2.24) is 20.4 Å². The van der Waals surface area contributed by atoms with Gasteiger partial charge in [0, 0.05) is 19.1 Å². The highest BCUT2D eigenvalue weighted by Gasteiger charge is 2.23. The van der Waals surface area contributed by atoms with E-state index in [0.717, 1.165) is 25.9 Å². The summed E-state index contributed by atoms with van der Waals surface area (Å²) < 4.78 is 10.0. The molecule has 1 aliphatic heterocycles. The van der Waals surface area contributed by atoms with E-state index in [1.807, 2.05) is 6.92 Å². The molecule has 1 aromatic heterocycles. The molecule has 0 spiro atoms. The minimum atomic E-state index is -0.214. The normalized spacial score (nSPS) is 16.6. The molecule has 1 amide bonds. The summed E-state index contributed by atoms with van der Waals surface area (Å²) in [5, 5.41) is 7.11. The lowest BCUT2D eigenvalue weighted by Crippen LogP contribution is -2.44. The lowest BCUT2D eigenvalue weighted by Gasteiger charge is -2.31. The van der Waals surface area contributed by atoms with Gasteiger partial charge in [-0.15, -0.1) is 0 Å². The summed E-state index contributed by atoms with van der Waals surface area (Å²) in [5.74, 6) is 1.25. The fourth-order valence-corrected chi connectivity index (χ4v) is 2.12. The molecule has 19 heavy (non-hydrogen) atoms. The van der Waals surface area contributed by atoms with Gasteiger partial charge >= 0.3 is 6.09 Å². The lowest BCUT2D eigenvalue weighted by atomic mass is 10.1. The maximum absolute atomic E-state index is 11.5. The van der Waals surface area contributed by atoms with Crippen molar-refractivity contribution in [3.05, 3.63) is 11.7 Å². The van der Waals surface area contributed by atoms with Crippen LogP contribution in [-0.4, -0.2) is 46.9 Å². The molecule has 0 bridgehead atoms. The van der Waals surface area contributed by atoms with Crippen molar-refractivity contribution in [3.63, 3.8) is 0 Å². The highest BCUT2D eigenvalue weighted by Crippen LogP contribution is 2.12. The summed E-state index contributed by atoms with van der Waals surface area (Å²) in [6.07, 6.45) is 1.60. The van der Waals surface area contributed by atoms with Crippen LogP contribution in [0.4, 0.5) is 4.79 Å². The Morgan fingerprint density at radius 2 is 2.26 bits per heavy atom. The third kappa shape index (κ3) is 3.92. The molecule has 1 fully saturated rings. The molecule has 7 heteroatoms. The van der Waals surface area contributed by atoms with E-state index in [0.29, 0.717) is 30.9 Å². The number of hydrogen-bond donors (Lipinski definition) is 1. The maximum Gasteiger partial charge on any atom is 0.409 e. The topological polar surface area (TPSA) is 80.5 Å². The quantitative estimate of drug-likeness (QED) is 0.880. The van der Waals surface area contributed by atoms with Crippen LogP contribution in [0.15, 0.2) is 4.52 Å². The van der Waals surface area contributed by atoms with Crippen LogP contribution in [0.2, 0.25) is 0 Å².